The van der Waals surface area contributed by atoms with Crippen LogP contribution in [-0.2, 0) is 19.4 Å². The third-order valence-electron chi connectivity index (χ3n) is 2.70. The van der Waals surface area contributed by atoms with E-state index in [-0.39, 0.29) is 6.04 Å². The molecule has 0 radical (unpaired) electrons. The van der Waals surface area contributed by atoms with Gasteiger partial charge in [0.2, 0.25) is 0 Å². The number of hydrogen-bond donors (Lipinski definition) is 1. The molecule has 3 nitrogen and oxygen atoms in total. The van der Waals surface area contributed by atoms with E-state index in [4.69, 9.17) is 5.73 Å². The van der Waals surface area contributed by atoms with Gasteiger partial charge in [-0.2, -0.15) is 0 Å². The van der Waals surface area contributed by atoms with Crippen LogP contribution >= 0.6 is 11.3 Å². The minimum absolute atomic E-state index is 0.158. The van der Waals surface area contributed by atoms with Crippen LogP contribution in [0.4, 0.5) is 0 Å². The first kappa shape index (κ1) is 12.3. The number of nitrogens with zero attached hydrogens (tertiary/aromatic N) is 2. The van der Waals surface area contributed by atoms with Crippen molar-refractivity contribution in [1.82, 2.24) is 9.55 Å². The van der Waals surface area contributed by atoms with Gasteiger partial charge < -0.3 is 10.3 Å². The molecule has 0 aliphatic carbocycles. The fourth-order valence-electron chi connectivity index (χ4n) is 1.83. The van der Waals surface area contributed by atoms with E-state index in [1.54, 1.807) is 0 Å². The van der Waals surface area contributed by atoms with Gasteiger partial charge in [-0.3, -0.25) is 0 Å². The molecule has 92 valence electrons. The molecular formula is C13H19N3S. The Balaban J connectivity index is 2.10. The average molecular weight is 249 g/mol. The van der Waals surface area contributed by atoms with Crippen LogP contribution < -0.4 is 5.73 Å². The minimum atomic E-state index is 0.158. The van der Waals surface area contributed by atoms with Crippen LogP contribution in [0.5, 0.6) is 0 Å². The molecule has 0 saturated carbocycles. The van der Waals surface area contributed by atoms with Crippen molar-refractivity contribution in [2.45, 2.75) is 39.3 Å². The second kappa shape index (κ2) is 5.47. The average Bonchev–Trinajstić information content (AvgIpc) is 2.89. The molecule has 2 N–H and O–H groups in total. The lowest BCUT2D eigenvalue weighted by molar-refractivity contribution is 0.651. The number of aromatic nitrogens is 2. The Morgan fingerprint density at radius 1 is 1.41 bits per heavy atom. The van der Waals surface area contributed by atoms with Gasteiger partial charge >= 0.3 is 0 Å². The lowest BCUT2D eigenvalue weighted by atomic mass is 10.2. The molecule has 4 heteroatoms. The molecule has 0 saturated heterocycles. The summed E-state index contributed by atoms with van der Waals surface area (Å²) in [6.07, 6.45) is 5.83. The number of rotatable bonds is 5. The van der Waals surface area contributed by atoms with Crippen LogP contribution in [0.3, 0.4) is 0 Å². The smallest absolute Gasteiger partial charge is 0.110 e. The molecule has 2 rings (SSSR count). The van der Waals surface area contributed by atoms with Gasteiger partial charge in [-0.15, -0.1) is 11.3 Å². The predicted octanol–water partition coefficient (Wildman–Crippen LogP) is 2.44. The highest BCUT2D eigenvalue weighted by Gasteiger charge is 2.07. The van der Waals surface area contributed by atoms with Crippen LogP contribution in [0.25, 0.3) is 0 Å². The molecule has 1 unspecified atom stereocenters. The van der Waals surface area contributed by atoms with E-state index in [1.807, 2.05) is 30.7 Å². The van der Waals surface area contributed by atoms with Gasteiger partial charge in [0.05, 0.1) is 6.54 Å². The van der Waals surface area contributed by atoms with Crippen LogP contribution in [0.1, 0.15) is 29.4 Å². The fourth-order valence-corrected chi connectivity index (χ4v) is 2.78. The van der Waals surface area contributed by atoms with E-state index in [1.165, 1.54) is 9.75 Å². The Labute approximate surface area is 106 Å². The van der Waals surface area contributed by atoms with Crippen molar-refractivity contribution in [3.63, 3.8) is 0 Å². The van der Waals surface area contributed by atoms with E-state index in [2.05, 4.69) is 28.6 Å². The van der Waals surface area contributed by atoms with E-state index >= 15 is 0 Å². The molecule has 2 aromatic heterocycles. The maximum Gasteiger partial charge on any atom is 0.110 e. The van der Waals surface area contributed by atoms with Crippen molar-refractivity contribution in [1.29, 1.82) is 0 Å². The third-order valence-corrected chi connectivity index (χ3v) is 3.91. The van der Waals surface area contributed by atoms with Gasteiger partial charge in [0, 0.05) is 34.6 Å². The van der Waals surface area contributed by atoms with E-state index in [9.17, 15) is 0 Å². The summed E-state index contributed by atoms with van der Waals surface area (Å²) in [5.74, 6) is 1.08. The molecule has 2 aromatic rings. The molecule has 1 atom stereocenters. The summed E-state index contributed by atoms with van der Waals surface area (Å²) in [4.78, 5) is 7.19. The zero-order chi connectivity index (χ0) is 12.3. The molecule has 2 heterocycles. The van der Waals surface area contributed by atoms with E-state index < -0.39 is 0 Å². The number of nitrogens with two attached hydrogens (primary N) is 1. The molecule has 17 heavy (non-hydrogen) atoms. The lowest BCUT2D eigenvalue weighted by Crippen LogP contribution is -2.20. The highest BCUT2D eigenvalue weighted by Crippen LogP contribution is 2.18. The van der Waals surface area contributed by atoms with Crippen molar-refractivity contribution < 1.29 is 0 Å². The first-order valence-corrected chi connectivity index (χ1v) is 6.84. The standard InChI is InChI=1S/C13H19N3S/c1-3-11-4-5-12(17-11)9-16-7-6-15-13(16)8-10(2)14/h4-7,10H,3,8-9,14H2,1-2H3. The Kier molecular flexibility index (Phi) is 3.97. The first-order valence-electron chi connectivity index (χ1n) is 6.02. The zero-order valence-corrected chi connectivity index (χ0v) is 11.2. The first-order chi connectivity index (χ1) is 8.19. The van der Waals surface area contributed by atoms with Gasteiger partial charge in [-0.25, -0.2) is 4.98 Å². The highest BCUT2D eigenvalue weighted by atomic mass is 32.1. The molecule has 0 amide bonds. The molecule has 0 bridgehead atoms. The van der Waals surface area contributed by atoms with Gasteiger partial charge in [-0.05, 0) is 25.5 Å². The van der Waals surface area contributed by atoms with Crippen molar-refractivity contribution in [2.75, 3.05) is 0 Å². The summed E-state index contributed by atoms with van der Waals surface area (Å²) in [7, 11) is 0. The summed E-state index contributed by atoms with van der Waals surface area (Å²) in [6, 6.07) is 4.58. The number of thiophene rings is 1. The Bertz CT molecular complexity index is 470. The van der Waals surface area contributed by atoms with Gasteiger partial charge in [-0.1, -0.05) is 6.92 Å². The summed E-state index contributed by atoms with van der Waals surface area (Å²) in [5.41, 5.74) is 5.82. The van der Waals surface area contributed by atoms with Gasteiger partial charge in [0.1, 0.15) is 5.82 Å². The van der Waals surface area contributed by atoms with Gasteiger partial charge in [0.25, 0.3) is 0 Å². The molecule has 0 aromatic carbocycles. The molecule has 0 spiro atoms. The number of imidazole rings is 1. The molecule has 0 fully saturated rings. The van der Waals surface area contributed by atoms with Crippen molar-refractivity contribution >= 4 is 11.3 Å². The maximum atomic E-state index is 5.82. The van der Waals surface area contributed by atoms with Crippen molar-refractivity contribution in [2.24, 2.45) is 5.73 Å². The Hall–Kier alpha value is -1.13. The second-order valence-electron chi connectivity index (χ2n) is 4.37. The molecular weight excluding hydrogens is 230 g/mol. The van der Waals surface area contributed by atoms with Crippen LogP contribution in [-0.4, -0.2) is 15.6 Å². The fraction of sp³-hybridized carbons (Fsp3) is 0.462. The summed E-state index contributed by atoms with van der Waals surface area (Å²) >= 11 is 1.88. The summed E-state index contributed by atoms with van der Waals surface area (Å²) in [6.45, 7) is 5.11. The minimum Gasteiger partial charge on any atom is -0.330 e. The quantitative estimate of drug-likeness (QED) is 0.884. The maximum absolute atomic E-state index is 5.82. The monoisotopic (exact) mass is 249 g/mol. The summed E-state index contributed by atoms with van der Waals surface area (Å²) < 4.78 is 2.19. The van der Waals surface area contributed by atoms with Crippen LogP contribution in [0, 0.1) is 0 Å². The normalized spacial score (nSPS) is 12.9. The number of aryl methyl sites for hydroxylation is 1. The largest absolute Gasteiger partial charge is 0.330 e. The summed E-state index contributed by atoms with van der Waals surface area (Å²) in [5, 5.41) is 0. The topological polar surface area (TPSA) is 43.8 Å². The Morgan fingerprint density at radius 3 is 2.82 bits per heavy atom. The lowest BCUT2D eigenvalue weighted by Gasteiger charge is -2.08. The van der Waals surface area contributed by atoms with E-state index in [0.29, 0.717) is 0 Å². The SMILES string of the molecule is CCc1ccc(Cn2ccnc2CC(C)N)s1. The number of hydrogen-bond acceptors (Lipinski definition) is 3. The highest BCUT2D eigenvalue weighted by molar-refractivity contribution is 7.11. The second-order valence-corrected chi connectivity index (χ2v) is 5.63. The Morgan fingerprint density at radius 2 is 2.18 bits per heavy atom. The molecule has 0 aliphatic heterocycles. The third kappa shape index (κ3) is 3.17. The van der Waals surface area contributed by atoms with Crippen LogP contribution in [0.15, 0.2) is 24.5 Å². The predicted molar refractivity (Wildman–Crippen MR) is 72.4 cm³/mol. The molecule has 0 aliphatic rings. The van der Waals surface area contributed by atoms with E-state index in [0.717, 1.165) is 25.2 Å². The van der Waals surface area contributed by atoms with Crippen LogP contribution in [0.2, 0.25) is 0 Å². The van der Waals surface area contributed by atoms with Gasteiger partial charge in [0.15, 0.2) is 0 Å². The van der Waals surface area contributed by atoms with Crippen molar-refractivity contribution in [3.8, 4) is 0 Å². The zero-order valence-electron chi connectivity index (χ0n) is 10.4. The van der Waals surface area contributed by atoms with Crippen molar-refractivity contribution in [3.05, 3.63) is 40.1 Å².